The Morgan fingerprint density at radius 1 is 1.55 bits per heavy atom. The van der Waals surface area contributed by atoms with Crippen LogP contribution in [0, 0.1) is 11.7 Å². The number of hydrogen-bond donors (Lipinski definition) is 1. The number of rotatable bonds is 4. The molecule has 20 heavy (non-hydrogen) atoms. The van der Waals surface area contributed by atoms with Gasteiger partial charge in [0.1, 0.15) is 18.3 Å². The zero-order valence-corrected chi connectivity index (χ0v) is 12.4. The molecule has 1 aromatic rings. The Morgan fingerprint density at radius 2 is 2.35 bits per heavy atom. The number of hydrogen-bond acceptors (Lipinski definition) is 2. The van der Waals surface area contributed by atoms with E-state index >= 15 is 0 Å². The molecule has 1 heterocycles. The average Bonchev–Trinajstić information content (AvgIpc) is 2.44. The molecule has 0 aliphatic carbocycles. The molecule has 1 fully saturated rings. The van der Waals surface area contributed by atoms with Crippen molar-refractivity contribution in [2.75, 3.05) is 19.7 Å². The van der Waals surface area contributed by atoms with Crippen molar-refractivity contribution in [1.82, 2.24) is 0 Å². The maximum Gasteiger partial charge on any atom is 0.314 e. The lowest BCUT2D eigenvalue weighted by atomic mass is 9.97. The summed E-state index contributed by atoms with van der Waals surface area (Å²) in [4.78, 5) is 13.0. The second-order valence-corrected chi connectivity index (χ2v) is 5.58. The lowest BCUT2D eigenvalue weighted by Gasteiger charge is -2.29. The first-order chi connectivity index (χ1) is 9.61. The van der Waals surface area contributed by atoms with Gasteiger partial charge in [0.15, 0.2) is 0 Å². The fraction of sp³-hybridized carbons (Fsp3) is 0.533. The van der Waals surface area contributed by atoms with Crippen LogP contribution in [0.4, 0.5) is 4.39 Å². The number of halogens is 2. The Hall–Kier alpha value is -1.13. The molecule has 2 rings (SSSR count). The van der Waals surface area contributed by atoms with E-state index in [1.54, 1.807) is 12.1 Å². The normalized spacial score (nSPS) is 22.6. The third-order valence-corrected chi connectivity index (χ3v) is 4.08. The van der Waals surface area contributed by atoms with E-state index in [1.165, 1.54) is 11.0 Å². The van der Waals surface area contributed by atoms with Crippen LogP contribution >= 0.6 is 11.6 Å². The van der Waals surface area contributed by atoms with Gasteiger partial charge in [0, 0.05) is 0 Å². The summed E-state index contributed by atoms with van der Waals surface area (Å²) in [5, 5.41) is 0.454. The standard InChI is InChI=1S/C15H19ClFNO2/c1-2-20-15(19)11-5-4-8-18(9-11)10-12-13(16)6-3-7-14(12)17/h3,6-7,11H,2,4-5,8-10H2,1H3/p+1/t11-/m0/s1. The topological polar surface area (TPSA) is 30.7 Å². The first-order valence-electron chi connectivity index (χ1n) is 7.05. The maximum absolute atomic E-state index is 13.8. The van der Waals surface area contributed by atoms with Crippen LogP contribution in [0.1, 0.15) is 25.3 Å². The average molecular weight is 301 g/mol. The zero-order chi connectivity index (χ0) is 14.5. The number of carbonyl (C=O) groups is 1. The molecule has 3 nitrogen and oxygen atoms in total. The Kier molecular flexibility index (Phi) is 5.38. The zero-order valence-electron chi connectivity index (χ0n) is 11.6. The van der Waals surface area contributed by atoms with Crippen LogP contribution in [0.5, 0.6) is 0 Å². The molecule has 0 spiro atoms. The molecular formula is C15H20ClFNO2+. The highest BCUT2D eigenvalue weighted by atomic mass is 35.5. The van der Waals surface area contributed by atoms with E-state index in [1.807, 2.05) is 6.92 Å². The highest BCUT2D eigenvalue weighted by molar-refractivity contribution is 6.31. The van der Waals surface area contributed by atoms with Crippen molar-refractivity contribution in [2.45, 2.75) is 26.3 Å². The predicted octanol–water partition coefficient (Wildman–Crippen LogP) is 1.84. The summed E-state index contributed by atoms with van der Waals surface area (Å²) in [6.07, 6.45) is 1.80. The van der Waals surface area contributed by atoms with Gasteiger partial charge in [-0.15, -0.1) is 0 Å². The quantitative estimate of drug-likeness (QED) is 0.860. The van der Waals surface area contributed by atoms with Gasteiger partial charge in [-0.1, -0.05) is 17.7 Å². The summed E-state index contributed by atoms with van der Waals surface area (Å²) in [6, 6.07) is 4.73. The van der Waals surface area contributed by atoms with Gasteiger partial charge in [0.25, 0.3) is 0 Å². The fourth-order valence-corrected chi connectivity index (χ4v) is 2.95. The first-order valence-corrected chi connectivity index (χ1v) is 7.42. The van der Waals surface area contributed by atoms with Crippen molar-refractivity contribution in [1.29, 1.82) is 0 Å². The Labute approximate surface area is 123 Å². The van der Waals surface area contributed by atoms with E-state index in [-0.39, 0.29) is 17.7 Å². The van der Waals surface area contributed by atoms with Crippen molar-refractivity contribution in [3.63, 3.8) is 0 Å². The Balaban J connectivity index is 2.01. The molecule has 1 saturated heterocycles. The van der Waals surface area contributed by atoms with Crippen molar-refractivity contribution in [3.8, 4) is 0 Å². The van der Waals surface area contributed by atoms with Crippen LogP contribution in [0.2, 0.25) is 5.02 Å². The SMILES string of the molecule is CCOC(=O)[C@H]1CCC[NH+](Cc2c(F)cccc2Cl)C1. The van der Waals surface area contributed by atoms with Crippen molar-refractivity contribution >= 4 is 17.6 Å². The summed E-state index contributed by atoms with van der Waals surface area (Å²) in [6.45, 7) is 4.35. The number of nitrogens with one attached hydrogen (secondary N) is 1. The maximum atomic E-state index is 13.8. The molecule has 0 amide bonds. The number of piperidine rings is 1. The largest absolute Gasteiger partial charge is 0.466 e. The van der Waals surface area contributed by atoms with E-state index in [0.717, 1.165) is 19.4 Å². The van der Waals surface area contributed by atoms with Gasteiger partial charge >= 0.3 is 5.97 Å². The second-order valence-electron chi connectivity index (χ2n) is 5.17. The number of ether oxygens (including phenoxy) is 1. The van der Waals surface area contributed by atoms with Gasteiger partial charge in [-0.25, -0.2) is 4.39 Å². The predicted molar refractivity (Wildman–Crippen MR) is 75.2 cm³/mol. The minimum absolute atomic E-state index is 0.0794. The minimum Gasteiger partial charge on any atom is -0.466 e. The van der Waals surface area contributed by atoms with Gasteiger partial charge in [0.2, 0.25) is 0 Å². The summed E-state index contributed by atoms with van der Waals surface area (Å²) in [7, 11) is 0. The molecule has 0 aromatic heterocycles. The van der Waals surface area contributed by atoms with E-state index in [0.29, 0.717) is 30.3 Å². The minimum atomic E-state index is -0.275. The molecule has 1 aliphatic rings. The number of esters is 1. The highest BCUT2D eigenvalue weighted by Crippen LogP contribution is 2.18. The summed E-state index contributed by atoms with van der Waals surface area (Å²) >= 11 is 6.05. The van der Waals surface area contributed by atoms with Gasteiger partial charge in [0.05, 0.1) is 30.3 Å². The molecule has 1 unspecified atom stereocenters. The highest BCUT2D eigenvalue weighted by Gasteiger charge is 2.30. The lowest BCUT2D eigenvalue weighted by Crippen LogP contribution is -3.12. The van der Waals surface area contributed by atoms with Gasteiger partial charge < -0.3 is 9.64 Å². The van der Waals surface area contributed by atoms with E-state index in [9.17, 15) is 9.18 Å². The van der Waals surface area contributed by atoms with Crippen LogP contribution < -0.4 is 4.90 Å². The third-order valence-electron chi connectivity index (χ3n) is 3.73. The van der Waals surface area contributed by atoms with Crippen molar-refractivity contribution in [2.24, 2.45) is 5.92 Å². The fourth-order valence-electron chi connectivity index (χ4n) is 2.72. The Bertz CT molecular complexity index is 461. The summed E-state index contributed by atoms with van der Waals surface area (Å²) < 4.78 is 18.9. The van der Waals surface area contributed by atoms with Crippen LogP contribution in [-0.2, 0) is 16.1 Å². The van der Waals surface area contributed by atoms with Crippen molar-refractivity contribution < 1.29 is 18.8 Å². The Morgan fingerprint density at radius 3 is 3.05 bits per heavy atom. The van der Waals surface area contributed by atoms with Crippen molar-refractivity contribution in [3.05, 3.63) is 34.6 Å². The van der Waals surface area contributed by atoms with Crippen LogP contribution in [0.15, 0.2) is 18.2 Å². The van der Waals surface area contributed by atoms with Crippen LogP contribution in [-0.4, -0.2) is 25.7 Å². The molecule has 1 aliphatic heterocycles. The lowest BCUT2D eigenvalue weighted by molar-refractivity contribution is -0.921. The smallest absolute Gasteiger partial charge is 0.314 e. The van der Waals surface area contributed by atoms with E-state index < -0.39 is 0 Å². The molecule has 5 heteroatoms. The molecular weight excluding hydrogens is 281 g/mol. The molecule has 1 N–H and O–H groups in total. The molecule has 0 saturated carbocycles. The summed E-state index contributed by atoms with van der Waals surface area (Å²) in [5.74, 6) is -0.489. The van der Waals surface area contributed by atoms with E-state index in [2.05, 4.69) is 0 Å². The monoisotopic (exact) mass is 300 g/mol. The molecule has 0 radical (unpaired) electrons. The third kappa shape index (κ3) is 3.70. The van der Waals surface area contributed by atoms with Crippen LogP contribution in [0.25, 0.3) is 0 Å². The van der Waals surface area contributed by atoms with Gasteiger partial charge in [-0.05, 0) is 31.9 Å². The number of quaternary nitrogens is 1. The van der Waals surface area contributed by atoms with Gasteiger partial charge in [-0.3, -0.25) is 4.79 Å². The molecule has 1 aromatic carbocycles. The molecule has 110 valence electrons. The molecule has 0 bridgehead atoms. The second kappa shape index (κ2) is 7.04. The van der Waals surface area contributed by atoms with Gasteiger partial charge in [-0.2, -0.15) is 0 Å². The number of likely N-dealkylation sites (tertiary alicyclic amines) is 1. The molecule has 2 atom stereocenters. The summed E-state index contributed by atoms with van der Waals surface area (Å²) in [5.41, 5.74) is 0.536. The van der Waals surface area contributed by atoms with Crippen LogP contribution in [0.3, 0.4) is 0 Å². The number of carbonyl (C=O) groups excluding carboxylic acids is 1. The first kappa shape index (κ1) is 15.3. The van der Waals surface area contributed by atoms with E-state index in [4.69, 9.17) is 16.3 Å². The number of benzene rings is 1.